The Kier molecular flexibility index (Phi) is 11.2. The monoisotopic (exact) mass is 1120 g/mol. The van der Waals surface area contributed by atoms with Crippen LogP contribution in [0.1, 0.15) is 79.0 Å². The van der Waals surface area contributed by atoms with Crippen LogP contribution in [0.5, 0.6) is 5.75 Å². The minimum absolute atomic E-state index is 0. The number of nitrogens with zero attached hydrogens (tertiary/aromatic N) is 4. The number of imidazole rings is 1. The number of rotatable bonds is 6. The Hall–Kier alpha value is -7.33. The number of para-hydroxylation sites is 3. The molecular weight excluding hydrogens is 1060 g/mol. The maximum Gasteiger partial charge on any atom is 0.148 e. The van der Waals surface area contributed by atoms with Crippen LogP contribution >= 0.6 is 0 Å². The van der Waals surface area contributed by atoms with Gasteiger partial charge in [0.25, 0.3) is 0 Å². The summed E-state index contributed by atoms with van der Waals surface area (Å²) < 4.78 is 4.79. The van der Waals surface area contributed by atoms with Crippen LogP contribution in [0.4, 0.5) is 0 Å². The van der Waals surface area contributed by atoms with Gasteiger partial charge in [0.2, 0.25) is 0 Å². The summed E-state index contributed by atoms with van der Waals surface area (Å²) in [7, 11) is 0. The molecule has 0 bridgehead atoms. The number of hydrogen-bond acceptors (Lipinski definition) is 3. The Morgan fingerprint density at radius 3 is 1.78 bits per heavy atom. The number of fused-ring (bicyclic) bond motifs is 7. The zero-order valence-electron chi connectivity index (χ0n) is 42.3. The van der Waals surface area contributed by atoms with E-state index in [2.05, 4.69) is 241 Å². The fourth-order valence-electron chi connectivity index (χ4n) is 10.8. The number of phenols is 1. The molecule has 1 N–H and O–H groups in total. The normalized spacial score (nSPS) is 12.5. The van der Waals surface area contributed by atoms with E-state index in [4.69, 9.17) is 9.97 Å². The second-order valence-corrected chi connectivity index (χ2v) is 22.4. The Morgan fingerprint density at radius 2 is 1.10 bits per heavy atom. The Labute approximate surface area is 436 Å². The number of phenolic OH excluding ortho intramolecular Hbond substituents is 1. The first-order valence-electron chi connectivity index (χ1n) is 24.8. The maximum absolute atomic E-state index is 12.9. The van der Waals surface area contributed by atoms with Gasteiger partial charge in [-0.25, -0.2) is 4.98 Å². The first-order valence-corrected chi connectivity index (χ1v) is 24.8. The van der Waals surface area contributed by atoms with Crippen molar-refractivity contribution in [2.24, 2.45) is 0 Å². The SMILES string of the molecule is CC(C)(C)c1cc(-c2cc(-c3ccccc3)ccn2)[c-]c(-c2cccc3c2nc(-c2cc(C(C)(C)C)cc(C(C)(C)C)c2O)n3-c2cc3c4ccccc4n4c5ccccc5c(c2-c2ccccc2)c34)c1.[Pt]. The summed E-state index contributed by atoms with van der Waals surface area (Å²) >= 11 is 0. The number of aromatic hydroxyl groups is 1. The molecule has 0 fully saturated rings. The Balaban J connectivity index is 0.00000560. The van der Waals surface area contributed by atoms with E-state index in [1.165, 1.54) is 38.3 Å². The molecule has 0 saturated heterocycles. The first kappa shape index (κ1) is 47.0. The van der Waals surface area contributed by atoms with Gasteiger partial charge in [0, 0.05) is 65.6 Å². The fourth-order valence-corrected chi connectivity index (χ4v) is 10.8. The molecule has 0 aliphatic heterocycles. The minimum Gasteiger partial charge on any atom is -0.507 e. The van der Waals surface area contributed by atoms with Crippen molar-refractivity contribution in [3.8, 4) is 67.5 Å². The Morgan fingerprint density at radius 1 is 0.500 bits per heavy atom. The molecule has 358 valence electrons. The molecule has 12 aromatic rings. The van der Waals surface area contributed by atoms with Crippen LogP contribution in [-0.4, -0.2) is 24.0 Å². The Bertz CT molecular complexity index is 4050. The third-order valence-electron chi connectivity index (χ3n) is 14.5. The largest absolute Gasteiger partial charge is 0.507 e. The zero-order valence-corrected chi connectivity index (χ0v) is 44.6. The van der Waals surface area contributed by atoms with Crippen molar-refractivity contribution >= 4 is 49.1 Å². The molecule has 8 aromatic carbocycles. The van der Waals surface area contributed by atoms with Gasteiger partial charge in [0.05, 0.1) is 38.8 Å². The fraction of sp³-hybridized carbons (Fsp3) is 0.182. The first-order chi connectivity index (χ1) is 34.0. The number of hydrogen-bond donors (Lipinski definition) is 1. The third kappa shape index (κ3) is 7.64. The number of benzene rings is 8. The van der Waals surface area contributed by atoms with Crippen LogP contribution < -0.4 is 0 Å². The quantitative estimate of drug-likeness (QED) is 0.169. The average Bonchev–Trinajstić information content (AvgIpc) is 4.03. The molecule has 0 aliphatic rings. The van der Waals surface area contributed by atoms with Gasteiger partial charge in [-0.15, -0.1) is 29.3 Å². The summed E-state index contributed by atoms with van der Waals surface area (Å²) in [5.41, 5.74) is 17.5. The van der Waals surface area contributed by atoms with Gasteiger partial charge < -0.3 is 9.51 Å². The van der Waals surface area contributed by atoms with Crippen molar-refractivity contribution < 1.29 is 26.2 Å². The molecule has 4 heterocycles. The number of aromatic nitrogens is 4. The second kappa shape index (κ2) is 17.2. The summed E-state index contributed by atoms with van der Waals surface area (Å²) in [6.45, 7) is 20.0. The second-order valence-electron chi connectivity index (χ2n) is 22.4. The molecule has 0 radical (unpaired) electrons. The molecule has 6 heteroatoms. The summed E-state index contributed by atoms with van der Waals surface area (Å²) in [5.74, 6) is 0.912. The summed E-state index contributed by atoms with van der Waals surface area (Å²) in [6, 6.07) is 64.8. The van der Waals surface area contributed by atoms with Crippen molar-refractivity contribution in [1.82, 2.24) is 18.9 Å². The third-order valence-corrected chi connectivity index (χ3v) is 14.5. The maximum atomic E-state index is 12.9. The van der Waals surface area contributed by atoms with E-state index in [-0.39, 0.29) is 43.1 Å². The van der Waals surface area contributed by atoms with Crippen LogP contribution in [-0.2, 0) is 37.3 Å². The van der Waals surface area contributed by atoms with Gasteiger partial charge in [-0.05, 0) is 74.9 Å². The summed E-state index contributed by atoms with van der Waals surface area (Å²) in [4.78, 5) is 10.8. The van der Waals surface area contributed by atoms with Crippen molar-refractivity contribution in [3.05, 3.63) is 199 Å². The zero-order chi connectivity index (χ0) is 49.1. The van der Waals surface area contributed by atoms with Crippen LogP contribution in [0.3, 0.4) is 0 Å². The van der Waals surface area contributed by atoms with Crippen LogP contribution in [0.15, 0.2) is 176 Å². The summed E-state index contributed by atoms with van der Waals surface area (Å²) in [5, 5.41) is 17.6. The van der Waals surface area contributed by atoms with Crippen molar-refractivity contribution in [2.75, 3.05) is 0 Å². The predicted octanol–water partition coefficient (Wildman–Crippen LogP) is 17.3. The van der Waals surface area contributed by atoms with Crippen molar-refractivity contribution in [1.29, 1.82) is 0 Å². The molecule has 12 rings (SSSR count). The van der Waals surface area contributed by atoms with E-state index in [9.17, 15) is 5.11 Å². The number of pyridine rings is 1. The molecular formula is C66H57N4OPt-. The van der Waals surface area contributed by atoms with Gasteiger partial charge in [0.1, 0.15) is 11.6 Å². The smallest absolute Gasteiger partial charge is 0.148 e. The van der Waals surface area contributed by atoms with E-state index < -0.39 is 0 Å². The molecule has 5 nitrogen and oxygen atoms in total. The van der Waals surface area contributed by atoms with Crippen molar-refractivity contribution in [2.45, 2.75) is 78.6 Å². The van der Waals surface area contributed by atoms with E-state index in [0.29, 0.717) is 11.4 Å². The van der Waals surface area contributed by atoms with Gasteiger partial charge in [-0.3, -0.25) is 9.55 Å². The molecule has 0 spiro atoms. The molecule has 0 unspecified atom stereocenters. The van der Waals surface area contributed by atoms with Gasteiger partial charge in [-0.2, -0.15) is 0 Å². The summed E-state index contributed by atoms with van der Waals surface area (Å²) in [6.07, 6.45) is 1.90. The van der Waals surface area contributed by atoms with E-state index in [0.717, 1.165) is 77.9 Å². The van der Waals surface area contributed by atoms with Crippen LogP contribution in [0.2, 0.25) is 0 Å². The van der Waals surface area contributed by atoms with E-state index >= 15 is 0 Å². The predicted molar refractivity (Wildman–Crippen MR) is 297 cm³/mol. The van der Waals surface area contributed by atoms with Gasteiger partial charge in [0.15, 0.2) is 0 Å². The van der Waals surface area contributed by atoms with Crippen molar-refractivity contribution in [3.63, 3.8) is 0 Å². The molecule has 4 aromatic heterocycles. The van der Waals surface area contributed by atoms with E-state index in [1.54, 1.807) is 0 Å². The molecule has 0 saturated carbocycles. The van der Waals surface area contributed by atoms with Gasteiger partial charge in [-0.1, -0.05) is 195 Å². The minimum atomic E-state index is -0.363. The molecule has 0 atom stereocenters. The molecule has 0 amide bonds. The molecule has 0 aliphatic carbocycles. The molecule has 72 heavy (non-hydrogen) atoms. The van der Waals surface area contributed by atoms with Crippen LogP contribution in [0.25, 0.3) is 111 Å². The van der Waals surface area contributed by atoms with Gasteiger partial charge >= 0.3 is 0 Å². The average molecular weight is 1120 g/mol. The topological polar surface area (TPSA) is 55.4 Å². The standard InChI is InChI=1S/C66H57N4O.Pt/c1-64(2,3)45-34-43(33-44(35-45)53-36-42(31-32-67-53)40-21-12-10-13-22-40)47-27-20-30-56-60(47)68-63(51-37-46(65(4,5)6)38-52(62(51)71)66(7,8)9)70(56)57-39-50-48-25-16-18-28-54(48)69-55-29-19-17-26-49(55)59(61(50)69)58(57)41-23-14-11-15-24-41;/h10-32,34-39,71H,1-9H3;/q-1;. The van der Waals surface area contributed by atoms with Crippen LogP contribution in [0, 0.1) is 6.07 Å². The van der Waals surface area contributed by atoms with E-state index in [1.807, 2.05) is 12.3 Å².